The third kappa shape index (κ3) is 1.51. The van der Waals surface area contributed by atoms with E-state index in [1.165, 1.54) is 0 Å². The van der Waals surface area contributed by atoms with Gasteiger partial charge < -0.3 is 0 Å². The van der Waals surface area contributed by atoms with E-state index < -0.39 is 0 Å². The minimum Gasteiger partial charge on any atom is -0.291 e. The van der Waals surface area contributed by atoms with Crippen LogP contribution >= 0.6 is 11.8 Å². The van der Waals surface area contributed by atoms with Crippen LogP contribution in [0.1, 0.15) is 12.8 Å². The molecule has 1 fully saturated rings. The predicted octanol–water partition coefficient (Wildman–Crippen LogP) is 1.24. The predicted molar refractivity (Wildman–Crippen MR) is 35.7 cm³/mol. The molecule has 0 amide bonds. The summed E-state index contributed by atoms with van der Waals surface area (Å²) in [5.41, 5.74) is 0. The lowest BCUT2D eigenvalue weighted by Gasteiger charge is -2.13. The summed E-state index contributed by atoms with van der Waals surface area (Å²) in [6, 6.07) is 0. The van der Waals surface area contributed by atoms with Crippen LogP contribution in [-0.4, -0.2) is 17.8 Å². The van der Waals surface area contributed by atoms with E-state index in [9.17, 15) is 4.79 Å². The zero-order chi connectivity index (χ0) is 5.82. The molecule has 8 heavy (non-hydrogen) atoms. The number of carbonyl (C=O) groups excluding carboxylic acids is 1. The van der Waals surface area contributed by atoms with Crippen molar-refractivity contribution in [2.24, 2.45) is 5.92 Å². The van der Waals surface area contributed by atoms with Gasteiger partial charge in [0.2, 0.25) is 6.29 Å². The summed E-state index contributed by atoms with van der Waals surface area (Å²) in [7, 11) is 0. The highest BCUT2D eigenvalue weighted by Crippen LogP contribution is 2.20. The van der Waals surface area contributed by atoms with Gasteiger partial charge >= 0.3 is 0 Å². The minimum absolute atomic E-state index is 0.260. The fourth-order valence-electron chi connectivity index (χ4n) is 0.815. The van der Waals surface area contributed by atoms with Crippen LogP contribution in [0.15, 0.2) is 0 Å². The van der Waals surface area contributed by atoms with Crippen LogP contribution in [0.5, 0.6) is 0 Å². The second-order valence-electron chi connectivity index (χ2n) is 2.00. The fourth-order valence-corrected chi connectivity index (χ4v) is 1.92. The molecular formula is C6H9OS. The van der Waals surface area contributed by atoms with Gasteiger partial charge in [-0.25, -0.2) is 0 Å². The van der Waals surface area contributed by atoms with Gasteiger partial charge in [-0.1, -0.05) is 0 Å². The second-order valence-corrected chi connectivity index (χ2v) is 3.23. The van der Waals surface area contributed by atoms with Crippen LogP contribution in [0, 0.1) is 5.92 Å². The molecular weight excluding hydrogens is 120 g/mol. The summed E-state index contributed by atoms with van der Waals surface area (Å²) in [5, 5.41) is 0. The maximum atomic E-state index is 10.0. The van der Waals surface area contributed by atoms with E-state index in [1.807, 2.05) is 18.0 Å². The highest BCUT2D eigenvalue weighted by Gasteiger charge is 2.12. The monoisotopic (exact) mass is 129 g/mol. The van der Waals surface area contributed by atoms with E-state index in [0.717, 1.165) is 24.3 Å². The number of thioether (sulfide) groups is 1. The first-order valence-electron chi connectivity index (χ1n) is 2.89. The van der Waals surface area contributed by atoms with Gasteiger partial charge in [0.05, 0.1) is 0 Å². The maximum Gasteiger partial charge on any atom is 0.201 e. The molecule has 0 spiro atoms. The molecule has 0 N–H and O–H groups in total. The van der Waals surface area contributed by atoms with Gasteiger partial charge in [-0.2, -0.15) is 11.8 Å². The Labute approximate surface area is 53.8 Å². The van der Waals surface area contributed by atoms with E-state index in [-0.39, 0.29) is 5.92 Å². The van der Waals surface area contributed by atoms with Gasteiger partial charge in [-0.05, 0) is 24.3 Å². The van der Waals surface area contributed by atoms with Crippen LogP contribution in [0.25, 0.3) is 0 Å². The molecule has 1 heterocycles. The smallest absolute Gasteiger partial charge is 0.201 e. The van der Waals surface area contributed by atoms with E-state index in [4.69, 9.17) is 0 Å². The number of hydrogen-bond donors (Lipinski definition) is 0. The molecule has 0 unspecified atom stereocenters. The van der Waals surface area contributed by atoms with Gasteiger partial charge in [0.1, 0.15) is 0 Å². The molecule has 0 aliphatic carbocycles. The molecule has 2 heteroatoms. The topological polar surface area (TPSA) is 17.1 Å². The van der Waals surface area contributed by atoms with E-state index in [1.54, 1.807) is 0 Å². The van der Waals surface area contributed by atoms with Crippen molar-refractivity contribution in [2.45, 2.75) is 12.8 Å². The Kier molecular flexibility index (Phi) is 2.40. The quantitative estimate of drug-likeness (QED) is 0.530. The Morgan fingerprint density at radius 1 is 1.38 bits per heavy atom. The lowest BCUT2D eigenvalue weighted by atomic mass is 10.1. The summed E-state index contributed by atoms with van der Waals surface area (Å²) in [6.07, 6.45) is 4.14. The fraction of sp³-hybridized carbons (Fsp3) is 0.833. The summed E-state index contributed by atoms with van der Waals surface area (Å²) >= 11 is 1.94. The molecule has 0 saturated carbocycles. The molecule has 0 atom stereocenters. The molecule has 1 rings (SSSR count). The molecule has 1 aliphatic heterocycles. The standard InChI is InChI=1S/C6H9OS/c7-5-6-1-3-8-4-2-6/h6H,1-4H2. The van der Waals surface area contributed by atoms with Crippen molar-refractivity contribution in [3.8, 4) is 0 Å². The first-order valence-corrected chi connectivity index (χ1v) is 4.04. The summed E-state index contributed by atoms with van der Waals surface area (Å²) in [6.45, 7) is 0. The number of rotatable bonds is 1. The molecule has 0 aromatic carbocycles. The zero-order valence-corrected chi connectivity index (χ0v) is 5.54. The van der Waals surface area contributed by atoms with Crippen molar-refractivity contribution >= 4 is 18.0 Å². The molecule has 0 aromatic heterocycles. The Balaban J connectivity index is 2.22. The molecule has 1 nitrogen and oxygen atoms in total. The summed E-state index contributed by atoms with van der Waals surface area (Å²) in [5.74, 6) is 2.57. The molecule has 0 aromatic rings. The average Bonchev–Trinajstić information content (AvgIpc) is 1.90. The van der Waals surface area contributed by atoms with Crippen LogP contribution in [-0.2, 0) is 4.79 Å². The van der Waals surface area contributed by atoms with Gasteiger partial charge in [0, 0.05) is 5.92 Å². The van der Waals surface area contributed by atoms with Crippen molar-refractivity contribution in [3.63, 3.8) is 0 Å². The SMILES string of the molecule is O=[C]C1CCSCC1. The Hall–Kier alpha value is 0.0200. The van der Waals surface area contributed by atoms with Gasteiger partial charge in [0.15, 0.2) is 0 Å². The largest absolute Gasteiger partial charge is 0.291 e. The van der Waals surface area contributed by atoms with Crippen LogP contribution in [0.3, 0.4) is 0 Å². The van der Waals surface area contributed by atoms with E-state index in [2.05, 4.69) is 0 Å². The normalized spacial score (nSPS) is 23.0. The minimum atomic E-state index is 0.260. The lowest BCUT2D eigenvalue weighted by Crippen LogP contribution is -2.09. The van der Waals surface area contributed by atoms with Crippen molar-refractivity contribution in [2.75, 3.05) is 11.5 Å². The average molecular weight is 129 g/mol. The Bertz CT molecular complexity index is 76.6. The molecule has 45 valence electrons. The van der Waals surface area contributed by atoms with E-state index >= 15 is 0 Å². The van der Waals surface area contributed by atoms with Crippen molar-refractivity contribution in [3.05, 3.63) is 0 Å². The molecule has 1 radical (unpaired) electrons. The third-order valence-electron chi connectivity index (χ3n) is 1.39. The molecule has 0 bridgehead atoms. The highest BCUT2D eigenvalue weighted by molar-refractivity contribution is 7.99. The van der Waals surface area contributed by atoms with Crippen molar-refractivity contribution < 1.29 is 4.79 Å². The molecule has 1 saturated heterocycles. The Morgan fingerprint density at radius 3 is 2.38 bits per heavy atom. The van der Waals surface area contributed by atoms with Crippen LogP contribution < -0.4 is 0 Å². The first-order chi connectivity index (χ1) is 3.93. The second kappa shape index (κ2) is 3.13. The Morgan fingerprint density at radius 2 is 2.00 bits per heavy atom. The highest BCUT2D eigenvalue weighted by atomic mass is 32.2. The molecule has 1 aliphatic rings. The van der Waals surface area contributed by atoms with Crippen molar-refractivity contribution in [1.29, 1.82) is 0 Å². The zero-order valence-electron chi connectivity index (χ0n) is 4.72. The number of hydrogen-bond acceptors (Lipinski definition) is 2. The third-order valence-corrected chi connectivity index (χ3v) is 2.44. The van der Waals surface area contributed by atoms with E-state index in [0.29, 0.717) is 0 Å². The maximum absolute atomic E-state index is 10.0. The van der Waals surface area contributed by atoms with Gasteiger partial charge in [0.25, 0.3) is 0 Å². The lowest BCUT2D eigenvalue weighted by molar-refractivity contribution is 0.507. The summed E-state index contributed by atoms with van der Waals surface area (Å²) in [4.78, 5) is 10.0. The first kappa shape index (κ1) is 6.14. The van der Waals surface area contributed by atoms with Gasteiger partial charge in [-0.15, -0.1) is 0 Å². The van der Waals surface area contributed by atoms with Crippen LogP contribution in [0.2, 0.25) is 0 Å². The van der Waals surface area contributed by atoms with Crippen LogP contribution in [0.4, 0.5) is 0 Å². The van der Waals surface area contributed by atoms with Gasteiger partial charge in [-0.3, -0.25) is 4.79 Å². The summed E-state index contributed by atoms with van der Waals surface area (Å²) < 4.78 is 0. The van der Waals surface area contributed by atoms with Crippen molar-refractivity contribution in [1.82, 2.24) is 0 Å².